The molecule has 0 spiro atoms. The van der Waals surface area contributed by atoms with Crippen molar-refractivity contribution in [1.29, 1.82) is 0 Å². The summed E-state index contributed by atoms with van der Waals surface area (Å²) in [7, 11) is -2.48. The van der Waals surface area contributed by atoms with E-state index in [4.69, 9.17) is 20.1 Å². The third kappa shape index (κ3) is 8.02. The van der Waals surface area contributed by atoms with Crippen LogP contribution in [0.1, 0.15) is 26.3 Å². The van der Waals surface area contributed by atoms with Gasteiger partial charge in [0.2, 0.25) is 11.3 Å². The number of aliphatic hydroxyl groups excluding tert-OH is 2. The summed E-state index contributed by atoms with van der Waals surface area (Å²) < 4.78 is 28.3. The molecule has 2 rings (SSSR count). The molecule has 1 amide bonds. The number of benzene rings is 2. The van der Waals surface area contributed by atoms with Crippen molar-refractivity contribution < 1.29 is 38.1 Å². The van der Waals surface area contributed by atoms with Gasteiger partial charge in [0.05, 0.1) is 30.8 Å². The van der Waals surface area contributed by atoms with E-state index in [0.29, 0.717) is 5.75 Å². The van der Waals surface area contributed by atoms with Gasteiger partial charge in [0.1, 0.15) is 11.3 Å². The van der Waals surface area contributed by atoms with Crippen molar-refractivity contribution in [3.05, 3.63) is 59.2 Å². The Labute approximate surface area is 223 Å². The van der Waals surface area contributed by atoms with Gasteiger partial charge < -0.3 is 25.0 Å². The zero-order valence-electron chi connectivity index (χ0n) is 18.2. The number of carboxylic acid groups (broad SMARTS) is 1. The van der Waals surface area contributed by atoms with Gasteiger partial charge in [-0.2, -0.15) is 0 Å². The Hall–Kier alpha value is -1.51. The number of amides is 1. The van der Waals surface area contributed by atoms with Crippen LogP contribution in [0.25, 0.3) is 0 Å². The molecule has 9 nitrogen and oxygen atoms in total. The van der Waals surface area contributed by atoms with E-state index in [1.807, 2.05) is 13.0 Å². The van der Waals surface area contributed by atoms with Gasteiger partial charge in [0.15, 0.2) is 0 Å². The number of carbonyl (C=O) groups is 2. The first-order valence-corrected chi connectivity index (χ1v) is 13.5. The molecule has 0 atom stereocenters. The number of hydrogen-bond acceptors (Lipinski definition) is 7. The van der Waals surface area contributed by atoms with Gasteiger partial charge in [-0.3, -0.25) is 4.79 Å². The number of ether oxygens (including phenoxy) is 1. The van der Waals surface area contributed by atoms with Crippen LogP contribution in [0.15, 0.2) is 47.4 Å². The van der Waals surface area contributed by atoms with Crippen LogP contribution in [-0.2, 0) is 9.84 Å². The van der Waals surface area contributed by atoms with E-state index < -0.39 is 23.2 Å². The van der Waals surface area contributed by atoms with Gasteiger partial charge in [-0.1, -0.05) is 23.8 Å². The third-order valence-corrected chi connectivity index (χ3v) is 9.70. The minimum atomic E-state index is -3.94. The predicted octanol–water partition coefficient (Wildman–Crippen LogP) is 3.38. The summed E-state index contributed by atoms with van der Waals surface area (Å²) in [5, 5.41) is 26.7. The number of carbonyl (C=O) groups excluding carboxylic acids is 1. The fourth-order valence-electron chi connectivity index (χ4n) is 2.72. The summed E-state index contributed by atoms with van der Waals surface area (Å²) in [6.45, 7) is 1.25. The monoisotopic (exact) mass is 687 g/mol. The summed E-state index contributed by atoms with van der Waals surface area (Å²) in [4.78, 5) is 24.2. The van der Waals surface area contributed by atoms with Crippen LogP contribution in [0.5, 0.6) is 5.75 Å². The maximum atomic E-state index is 12.5. The van der Waals surface area contributed by atoms with Gasteiger partial charge in [0.25, 0.3) is 5.91 Å². The summed E-state index contributed by atoms with van der Waals surface area (Å²) in [6.07, 6.45) is 0. The molecule has 0 aliphatic heterocycles. The van der Waals surface area contributed by atoms with Crippen LogP contribution >= 0.6 is 47.8 Å². The fraction of sp³-hybridized carbons (Fsp3) is 0.333. The highest BCUT2D eigenvalue weighted by Gasteiger charge is 2.40. The average Bonchev–Trinajstić information content (AvgIpc) is 2.78. The number of aliphatic hydroxyl groups is 2. The van der Waals surface area contributed by atoms with Crippen LogP contribution in [-0.4, -0.2) is 75.4 Å². The molecule has 0 fully saturated rings. The SMILES string of the molecule is COc1ccc(C)cc1C(=O)O.O=C(c1ccccc1S(=O)(=O)C(Br)(Br)Br)N(CCO)CCO. The lowest BCUT2D eigenvalue weighted by Crippen LogP contribution is -2.37. The van der Waals surface area contributed by atoms with Gasteiger partial charge in [-0.25, -0.2) is 13.2 Å². The Balaban J connectivity index is 0.000000404. The van der Waals surface area contributed by atoms with E-state index in [9.17, 15) is 18.0 Å². The van der Waals surface area contributed by atoms with Crippen molar-refractivity contribution in [2.75, 3.05) is 33.4 Å². The Kier molecular flexibility index (Phi) is 12.2. The van der Waals surface area contributed by atoms with E-state index in [0.717, 1.165) is 5.56 Å². The molecule has 2 aromatic carbocycles. The number of rotatable bonds is 8. The molecule has 188 valence electrons. The maximum Gasteiger partial charge on any atom is 0.339 e. The van der Waals surface area contributed by atoms with Crippen molar-refractivity contribution >= 4 is 69.5 Å². The molecule has 0 heterocycles. The lowest BCUT2D eigenvalue weighted by Gasteiger charge is -2.23. The van der Waals surface area contributed by atoms with Crippen molar-refractivity contribution in [1.82, 2.24) is 4.90 Å². The van der Waals surface area contributed by atoms with Gasteiger partial charge in [-0.05, 0) is 79.0 Å². The van der Waals surface area contributed by atoms with E-state index in [1.165, 1.54) is 30.2 Å². The second-order valence-electron chi connectivity index (χ2n) is 6.69. The summed E-state index contributed by atoms with van der Waals surface area (Å²) in [5.74, 6) is -1.15. The van der Waals surface area contributed by atoms with E-state index in [2.05, 4.69) is 47.8 Å². The number of sulfone groups is 1. The first-order valence-electron chi connectivity index (χ1n) is 9.61. The second kappa shape index (κ2) is 13.5. The zero-order chi connectivity index (χ0) is 26.1. The first-order chi connectivity index (χ1) is 15.8. The summed E-state index contributed by atoms with van der Waals surface area (Å²) >= 11 is 8.88. The normalized spacial score (nSPS) is 11.3. The van der Waals surface area contributed by atoms with E-state index >= 15 is 0 Å². The molecule has 3 N–H and O–H groups in total. The highest BCUT2D eigenvalue weighted by Crippen LogP contribution is 2.44. The van der Waals surface area contributed by atoms with E-state index in [1.54, 1.807) is 18.2 Å². The molecule has 0 aliphatic carbocycles. The number of nitrogens with zero attached hydrogens (tertiary/aromatic N) is 1. The van der Waals surface area contributed by atoms with Crippen molar-refractivity contribution in [2.24, 2.45) is 0 Å². The quantitative estimate of drug-likeness (QED) is 0.359. The second-order valence-corrected chi connectivity index (χ2v) is 17.1. The lowest BCUT2D eigenvalue weighted by atomic mass is 10.1. The number of carboxylic acids is 1. The molecular formula is C21H24Br3NO8S. The molecule has 34 heavy (non-hydrogen) atoms. The minimum Gasteiger partial charge on any atom is -0.496 e. The highest BCUT2D eigenvalue weighted by atomic mass is 80.0. The standard InChI is InChI=1S/C12H14Br3NO5S.C9H10O3/c13-12(14,15)22(20,21)10-4-2-1-3-9(10)11(19)16(5-7-17)6-8-18;1-6-3-4-8(12-2)7(5-6)9(10)11/h1-4,17-18H,5-8H2;3-5H,1-2H3,(H,10,11). The number of methoxy groups -OCH3 is 1. The number of halogens is 3. The third-order valence-electron chi connectivity index (χ3n) is 4.32. The van der Waals surface area contributed by atoms with Crippen LogP contribution in [0.2, 0.25) is 0 Å². The summed E-state index contributed by atoms with van der Waals surface area (Å²) in [5.41, 5.74) is 1.08. The molecule has 0 saturated heterocycles. The zero-order valence-corrected chi connectivity index (χ0v) is 23.8. The van der Waals surface area contributed by atoms with Crippen LogP contribution < -0.4 is 4.74 Å². The topological polar surface area (TPSA) is 141 Å². The predicted molar refractivity (Wildman–Crippen MR) is 138 cm³/mol. The lowest BCUT2D eigenvalue weighted by molar-refractivity contribution is 0.0678. The van der Waals surface area contributed by atoms with Crippen molar-refractivity contribution in [3.8, 4) is 5.75 Å². The molecular weight excluding hydrogens is 666 g/mol. The number of alkyl halides is 3. The molecule has 0 bridgehead atoms. The Morgan fingerprint density at radius 3 is 2.03 bits per heavy atom. The van der Waals surface area contributed by atoms with Crippen LogP contribution in [0.4, 0.5) is 0 Å². The van der Waals surface area contributed by atoms with Gasteiger partial charge in [0, 0.05) is 13.1 Å². The number of aryl methyl sites for hydroxylation is 1. The molecule has 2 aromatic rings. The molecule has 0 unspecified atom stereocenters. The average molecular weight is 690 g/mol. The molecule has 0 radical (unpaired) electrons. The maximum absolute atomic E-state index is 12.5. The summed E-state index contributed by atoms with van der Waals surface area (Å²) in [6, 6.07) is 10.8. The molecule has 0 saturated carbocycles. The van der Waals surface area contributed by atoms with Crippen molar-refractivity contribution in [2.45, 2.75) is 13.3 Å². The highest BCUT2D eigenvalue weighted by molar-refractivity contribution is 9.42. The smallest absolute Gasteiger partial charge is 0.339 e. The Morgan fingerprint density at radius 2 is 1.56 bits per heavy atom. The fourth-order valence-corrected chi connectivity index (χ4v) is 5.24. The van der Waals surface area contributed by atoms with Crippen LogP contribution in [0.3, 0.4) is 0 Å². The van der Waals surface area contributed by atoms with Gasteiger partial charge >= 0.3 is 5.97 Å². The Bertz CT molecular complexity index is 1100. The number of aromatic carboxylic acids is 1. The van der Waals surface area contributed by atoms with Crippen molar-refractivity contribution in [3.63, 3.8) is 0 Å². The van der Waals surface area contributed by atoms with E-state index in [-0.39, 0.29) is 42.3 Å². The largest absolute Gasteiger partial charge is 0.496 e. The van der Waals surface area contributed by atoms with Crippen LogP contribution in [0, 0.1) is 6.92 Å². The first kappa shape index (κ1) is 30.5. The molecule has 0 aromatic heterocycles. The molecule has 13 heteroatoms. The minimum absolute atomic E-state index is 0.00411. The molecule has 0 aliphatic rings. The Morgan fingerprint density at radius 1 is 1.00 bits per heavy atom. The number of hydrogen-bond donors (Lipinski definition) is 3. The van der Waals surface area contributed by atoms with Gasteiger partial charge in [-0.15, -0.1) is 0 Å².